The third-order valence-electron chi connectivity index (χ3n) is 5.73. The summed E-state index contributed by atoms with van der Waals surface area (Å²) in [6.07, 6.45) is -1.44. The number of thiocarbonyl (C=S) groups is 1. The Morgan fingerprint density at radius 3 is 2.61 bits per heavy atom. The summed E-state index contributed by atoms with van der Waals surface area (Å²) in [5.74, 6) is -0.282. The van der Waals surface area contributed by atoms with Crippen LogP contribution in [0.25, 0.3) is 27.5 Å². The number of benzene rings is 4. The van der Waals surface area contributed by atoms with E-state index >= 15 is 0 Å². The number of nitrogens with one attached hydrogen (secondary N) is 2. The van der Waals surface area contributed by atoms with Crippen molar-refractivity contribution in [2.75, 3.05) is 5.32 Å². The van der Waals surface area contributed by atoms with Gasteiger partial charge in [-0.3, -0.25) is 9.99 Å². The second-order valence-electron chi connectivity index (χ2n) is 8.35. The van der Waals surface area contributed by atoms with Gasteiger partial charge in [-0.1, -0.05) is 35.9 Å². The summed E-state index contributed by atoms with van der Waals surface area (Å²) in [7, 11) is 0. The number of hydrogen-bond donors (Lipinski definition) is 2. The van der Waals surface area contributed by atoms with Crippen LogP contribution in [0, 0.1) is 6.92 Å². The molecule has 0 spiro atoms. The van der Waals surface area contributed by atoms with Gasteiger partial charge in [-0.2, -0.15) is 5.10 Å². The number of aromatic nitrogens is 2. The number of imidazole rings is 1. The Kier molecular flexibility index (Phi) is 6.92. The first kappa shape index (κ1) is 25.5. The highest BCUT2D eigenvalue weighted by Crippen LogP contribution is 2.29. The number of aryl methyl sites for hydroxylation is 1. The highest BCUT2D eigenvalue weighted by atomic mass is 35.5. The number of nitrogens with zero attached hydrogens (tertiary/aromatic N) is 3. The van der Waals surface area contributed by atoms with Crippen LogP contribution in [-0.4, -0.2) is 27.2 Å². The zero-order valence-corrected chi connectivity index (χ0v) is 21.3. The average molecular weight is 554 g/mol. The lowest BCUT2D eigenvalue weighted by molar-refractivity contribution is -0.274. The number of halogens is 4. The molecule has 0 atom stereocenters. The monoisotopic (exact) mass is 553 g/mol. The molecule has 5 rings (SSSR count). The molecule has 0 bridgehead atoms. The van der Waals surface area contributed by atoms with Crippen LogP contribution in [0.5, 0.6) is 5.75 Å². The van der Waals surface area contributed by atoms with Crippen molar-refractivity contribution in [3.05, 3.63) is 95.3 Å². The van der Waals surface area contributed by atoms with E-state index in [1.54, 1.807) is 35.3 Å². The van der Waals surface area contributed by atoms with E-state index in [0.717, 1.165) is 38.6 Å². The molecule has 6 nitrogen and oxygen atoms in total. The number of anilines is 1. The minimum Gasteiger partial charge on any atom is -0.406 e. The average Bonchev–Trinajstić information content (AvgIpc) is 3.30. The normalized spacial score (nSPS) is 11.8. The van der Waals surface area contributed by atoms with Crippen molar-refractivity contribution in [3.8, 4) is 11.4 Å². The van der Waals surface area contributed by atoms with E-state index in [4.69, 9.17) is 23.8 Å². The van der Waals surface area contributed by atoms with Gasteiger partial charge in [0.2, 0.25) is 0 Å². The minimum atomic E-state index is -4.74. The van der Waals surface area contributed by atoms with E-state index < -0.39 is 6.36 Å². The number of fused-ring (bicyclic) bond motifs is 3. The van der Waals surface area contributed by atoms with Gasteiger partial charge in [0.05, 0.1) is 17.2 Å². The molecule has 38 heavy (non-hydrogen) atoms. The molecular formula is C27H19ClF3N5OS. The summed E-state index contributed by atoms with van der Waals surface area (Å²) in [6, 6.07) is 20.8. The molecule has 192 valence electrons. The van der Waals surface area contributed by atoms with Crippen molar-refractivity contribution in [2.24, 2.45) is 5.10 Å². The Hall–Kier alpha value is -4.15. The van der Waals surface area contributed by atoms with Crippen molar-refractivity contribution in [1.82, 2.24) is 15.0 Å². The first-order valence-electron chi connectivity index (χ1n) is 11.3. The molecule has 4 aromatic carbocycles. The van der Waals surface area contributed by atoms with Gasteiger partial charge in [0, 0.05) is 21.8 Å². The molecule has 0 fully saturated rings. The number of hydrazone groups is 1. The highest BCUT2D eigenvalue weighted by molar-refractivity contribution is 7.80. The van der Waals surface area contributed by atoms with E-state index in [1.165, 1.54) is 12.1 Å². The van der Waals surface area contributed by atoms with Crippen LogP contribution >= 0.6 is 23.8 Å². The SMILES string of the molecule is Cc1ccc(Cl)cc1NC(=S)NN=Cc1ccc2c(ccc3c2ncn3-c2ccc(OC(F)(F)F)cc2)c1. The Morgan fingerprint density at radius 2 is 1.84 bits per heavy atom. The topological polar surface area (TPSA) is 63.5 Å². The van der Waals surface area contributed by atoms with Crippen LogP contribution < -0.4 is 15.5 Å². The van der Waals surface area contributed by atoms with Gasteiger partial charge in [0.25, 0.3) is 0 Å². The number of alkyl halides is 3. The predicted molar refractivity (Wildman–Crippen MR) is 148 cm³/mol. The maximum atomic E-state index is 12.4. The Balaban J connectivity index is 1.32. The fourth-order valence-electron chi connectivity index (χ4n) is 3.97. The van der Waals surface area contributed by atoms with Crippen LogP contribution in [-0.2, 0) is 0 Å². The lowest BCUT2D eigenvalue weighted by Gasteiger charge is -2.10. The highest BCUT2D eigenvalue weighted by Gasteiger charge is 2.31. The first-order valence-corrected chi connectivity index (χ1v) is 12.1. The van der Waals surface area contributed by atoms with Crippen LogP contribution in [0.15, 0.2) is 84.2 Å². The third-order valence-corrected chi connectivity index (χ3v) is 6.16. The van der Waals surface area contributed by atoms with Crippen molar-refractivity contribution >= 4 is 62.6 Å². The molecule has 0 unspecified atom stereocenters. The minimum absolute atomic E-state index is 0.282. The molecule has 0 radical (unpaired) electrons. The molecular weight excluding hydrogens is 535 g/mol. The molecule has 0 aliphatic carbocycles. The molecule has 0 aliphatic rings. The number of hydrogen-bond acceptors (Lipinski definition) is 4. The lowest BCUT2D eigenvalue weighted by Crippen LogP contribution is -2.24. The van der Waals surface area contributed by atoms with Crippen LogP contribution in [0.4, 0.5) is 18.9 Å². The Labute approximate surface area is 225 Å². The lowest BCUT2D eigenvalue weighted by atomic mass is 10.1. The molecule has 11 heteroatoms. The van der Waals surface area contributed by atoms with E-state index in [0.29, 0.717) is 15.8 Å². The summed E-state index contributed by atoms with van der Waals surface area (Å²) in [5, 5.41) is 10.1. The fourth-order valence-corrected chi connectivity index (χ4v) is 4.30. The van der Waals surface area contributed by atoms with E-state index in [9.17, 15) is 13.2 Å². The van der Waals surface area contributed by atoms with Gasteiger partial charge in [0.1, 0.15) is 12.1 Å². The second kappa shape index (κ2) is 10.3. The predicted octanol–water partition coefficient (Wildman–Crippen LogP) is 7.36. The fraction of sp³-hybridized carbons (Fsp3) is 0.0741. The van der Waals surface area contributed by atoms with E-state index in [1.807, 2.05) is 49.4 Å². The van der Waals surface area contributed by atoms with Crippen LogP contribution in [0.2, 0.25) is 5.02 Å². The van der Waals surface area contributed by atoms with Crippen molar-refractivity contribution < 1.29 is 17.9 Å². The largest absolute Gasteiger partial charge is 0.573 e. The third kappa shape index (κ3) is 5.71. The molecule has 0 amide bonds. The van der Waals surface area contributed by atoms with Gasteiger partial charge < -0.3 is 10.1 Å². The zero-order chi connectivity index (χ0) is 26.9. The summed E-state index contributed by atoms with van der Waals surface area (Å²) >= 11 is 11.4. The van der Waals surface area contributed by atoms with E-state index in [-0.39, 0.29) is 5.75 Å². The summed E-state index contributed by atoms with van der Waals surface area (Å²) in [4.78, 5) is 4.54. The smallest absolute Gasteiger partial charge is 0.406 e. The number of ether oxygens (including phenoxy) is 1. The molecule has 1 aromatic heterocycles. The summed E-state index contributed by atoms with van der Waals surface area (Å²) in [5.41, 5.74) is 7.69. The molecule has 0 saturated heterocycles. The van der Waals surface area contributed by atoms with Gasteiger partial charge in [-0.05, 0) is 84.2 Å². The number of rotatable bonds is 5. The van der Waals surface area contributed by atoms with Gasteiger partial charge in [0.15, 0.2) is 5.11 Å². The standard InChI is InChI=1S/C27H19ClF3N5OS/c1-16-2-5-19(28)13-23(16)34-26(38)35-33-14-17-3-10-22-18(12-17)4-11-24-25(22)32-15-36(24)20-6-8-21(9-7-20)37-27(29,30)31/h2-15H,1H3,(H2,34,35,38). The van der Waals surface area contributed by atoms with Crippen molar-refractivity contribution in [2.45, 2.75) is 13.3 Å². The maximum absolute atomic E-state index is 12.4. The quantitative estimate of drug-likeness (QED) is 0.135. The van der Waals surface area contributed by atoms with Gasteiger partial charge in [-0.25, -0.2) is 4.98 Å². The maximum Gasteiger partial charge on any atom is 0.573 e. The second-order valence-corrected chi connectivity index (χ2v) is 9.20. The van der Waals surface area contributed by atoms with Gasteiger partial charge >= 0.3 is 6.36 Å². The Bertz CT molecular complexity index is 1680. The molecule has 0 saturated carbocycles. The van der Waals surface area contributed by atoms with Crippen LogP contribution in [0.1, 0.15) is 11.1 Å². The van der Waals surface area contributed by atoms with Crippen molar-refractivity contribution in [3.63, 3.8) is 0 Å². The first-order chi connectivity index (χ1) is 18.2. The molecule has 2 N–H and O–H groups in total. The molecule has 1 heterocycles. The summed E-state index contributed by atoms with van der Waals surface area (Å²) < 4.78 is 43.1. The zero-order valence-electron chi connectivity index (χ0n) is 19.8. The summed E-state index contributed by atoms with van der Waals surface area (Å²) in [6.45, 7) is 1.95. The Morgan fingerprint density at radius 1 is 1.05 bits per heavy atom. The van der Waals surface area contributed by atoms with Crippen LogP contribution in [0.3, 0.4) is 0 Å². The molecule has 0 aliphatic heterocycles. The van der Waals surface area contributed by atoms with Crippen molar-refractivity contribution in [1.29, 1.82) is 0 Å². The van der Waals surface area contributed by atoms with E-state index in [2.05, 4.69) is 25.6 Å². The van der Waals surface area contributed by atoms with Gasteiger partial charge in [-0.15, -0.1) is 13.2 Å². The molecule has 5 aromatic rings.